The predicted octanol–water partition coefficient (Wildman–Crippen LogP) is 5.67. The molecule has 0 saturated heterocycles. The highest BCUT2D eigenvalue weighted by Crippen LogP contribution is 2.34. The van der Waals surface area contributed by atoms with Crippen LogP contribution < -0.4 is 14.3 Å². The van der Waals surface area contributed by atoms with Crippen LogP contribution in [0.3, 0.4) is 0 Å². The Bertz CT molecular complexity index is 1400. The molecule has 170 valence electrons. The van der Waals surface area contributed by atoms with Crippen molar-refractivity contribution in [2.75, 3.05) is 14.2 Å². The number of hydrogen-bond acceptors (Lipinski definition) is 6. The number of ether oxygens (including phenoxy) is 2. The summed E-state index contributed by atoms with van der Waals surface area (Å²) < 4.78 is 12.9. The molecule has 0 aliphatic carbocycles. The van der Waals surface area contributed by atoms with Gasteiger partial charge >= 0.3 is 0 Å². The molecular weight excluding hydrogens is 434 g/mol. The molecule has 7 heteroatoms. The lowest BCUT2D eigenvalue weighted by Gasteiger charge is -2.12. The van der Waals surface area contributed by atoms with Gasteiger partial charge in [-0.3, -0.25) is 4.99 Å². The molecule has 0 bridgehead atoms. The number of rotatable bonds is 6. The molecule has 4 rings (SSSR count). The van der Waals surface area contributed by atoms with Gasteiger partial charge in [0.25, 0.3) is 0 Å². The number of fused-ring (bicyclic) bond motifs is 1. The molecule has 4 aromatic rings. The van der Waals surface area contributed by atoms with Crippen LogP contribution in [0.15, 0.2) is 70.1 Å². The summed E-state index contributed by atoms with van der Waals surface area (Å²) in [5, 5.41) is 19.6. The minimum atomic E-state index is 0.0968. The number of phenols is 1. The smallest absolute Gasteiger partial charge is 0.206 e. The van der Waals surface area contributed by atoms with Gasteiger partial charge in [0, 0.05) is 27.9 Å². The Balaban J connectivity index is 1.94. The molecule has 0 fully saturated rings. The van der Waals surface area contributed by atoms with Gasteiger partial charge in [-0.15, -0.1) is 11.3 Å². The van der Waals surface area contributed by atoms with Gasteiger partial charge < -0.3 is 14.6 Å². The fourth-order valence-corrected chi connectivity index (χ4v) is 4.61. The van der Waals surface area contributed by atoms with Crippen molar-refractivity contribution in [3.63, 3.8) is 0 Å². The highest BCUT2D eigenvalue weighted by Gasteiger charge is 2.16. The lowest BCUT2D eigenvalue weighted by Crippen LogP contribution is -2.16. The molecule has 0 unspecified atom stereocenters. The number of phenolic OH excluding ortho intramolecular Hbond substituents is 1. The van der Waals surface area contributed by atoms with E-state index < -0.39 is 0 Å². The van der Waals surface area contributed by atoms with Crippen LogP contribution in [0.1, 0.15) is 26.3 Å². The topological polar surface area (TPSA) is 68.3 Å². The van der Waals surface area contributed by atoms with Gasteiger partial charge in [-0.25, -0.2) is 4.68 Å². The van der Waals surface area contributed by atoms with Crippen molar-refractivity contribution in [1.82, 2.24) is 4.68 Å². The Kier molecular flexibility index (Phi) is 6.51. The minimum Gasteiger partial charge on any atom is -0.507 e. The van der Waals surface area contributed by atoms with E-state index in [4.69, 9.17) is 19.6 Å². The fraction of sp³-hybridized carbons (Fsp3) is 0.231. The van der Waals surface area contributed by atoms with Crippen LogP contribution >= 0.6 is 11.3 Å². The van der Waals surface area contributed by atoms with E-state index in [0.29, 0.717) is 17.0 Å². The zero-order valence-electron chi connectivity index (χ0n) is 19.4. The second kappa shape index (κ2) is 9.50. The van der Waals surface area contributed by atoms with Crippen LogP contribution in [0, 0.1) is 0 Å². The number of nitrogens with zero attached hydrogens (tertiary/aromatic N) is 3. The molecule has 0 aliphatic heterocycles. The quantitative estimate of drug-likeness (QED) is 0.376. The van der Waals surface area contributed by atoms with Gasteiger partial charge in [0.05, 0.1) is 25.6 Å². The van der Waals surface area contributed by atoms with Crippen molar-refractivity contribution < 1.29 is 14.6 Å². The van der Waals surface area contributed by atoms with Gasteiger partial charge in [0.2, 0.25) is 4.80 Å². The molecule has 6 nitrogen and oxygen atoms in total. The van der Waals surface area contributed by atoms with Crippen molar-refractivity contribution in [2.45, 2.75) is 26.8 Å². The maximum absolute atomic E-state index is 11.0. The van der Waals surface area contributed by atoms with E-state index in [1.807, 2.05) is 85.4 Å². The molecule has 1 aromatic heterocycles. The summed E-state index contributed by atoms with van der Waals surface area (Å²) in [5.74, 6) is 1.65. The second-order valence-electron chi connectivity index (χ2n) is 7.87. The molecule has 0 radical (unpaired) electrons. The van der Waals surface area contributed by atoms with Gasteiger partial charge in [0.15, 0.2) is 0 Å². The Morgan fingerprint density at radius 2 is 1.82 bits per heavy atom. The summed E-state index contributed by atoms with van der Waals surface area (Å²) in [7, 11) is 3.28. The van der Waals surface area contributed by atoms with Crippen LogP contribution in [0.25, 0.3) is 22.0 Å². The third-order valence-corrected chi connectivity index (χ3v) is 6.11. The second-order valence-corrected chi connectivity index (χ2v) is 8.71. The zero-order valence-corrected chi connectivity index (χ0v) is 20.2. The lowest BCUT2D eigenvalue weighted by atomic mass is 10.0. The summed E-state index contributed by atoms with van der Waals surface area (Å²) in [5.41, 5.74) is 3.02. The van der Waals surface area contributed by atoms with E-state index in [2.05, 4.69) is 0 Å². The minimum absolute atomic E-state index is 0.0968. The molecule has 0 aliphatic rings. The molecule has 0 atom stereocenters. The number of benzene rings is 3. The molecule has 0 saturated carbocycles. The predicted molar refractivity (Wildman–Crippen MR) is 135 cm³/mol. The van der Waals surface area contributed by atoms with E-state index in [0.717, 1.165) is 32.6 Å². The number of thiazole rings is 1. The third-order valence-electron chi connectivity index (χ3n) is 5.28. The summed E-state index contributed by atoms with van der Waals surface area (Å²) in [4.78, 5) is 5.52. The Hall–Kier alpha value is -3.58. The van der Waals surface area contributed by atoms with Crippen LogP contribution in [0.2, 0.25) is 0 Å². The van der Waals surface area contributed by atoms with E-state index >= 15 is 0 Å². The molecular formula is C26H27N3O3S. The summed E-state index contributed by atoms with van der Waals surface area (Å²) in [6, 6.07) is 17.4. The van der Waals surface area contributed by atoms with Crippen molar-refractivity contribution in [1.29, 1.82) is 0 Å². The standard InChI is InChI=1S/C26H27N3O3S/c1-16(2)27-26-29(23(15-33-26)22-14-19(31-4)11-13-24(22)32-5)28-17(3)20-12-10-18-8-6-7-9-21(18)25(20)30/h6-16,30H,1-5H3. The average Bonchev–Trinajstić information content (AvgIpc) is 3.20. The van der Waals surface area contributed by atoms with Gasteiger partial charge in [-0.05, 0) is 50.4 Å². The maximum Gasteiger partial charge on any atom is 0.206 e. The van der Waals surface area contributed by atoms with E-state index in [1.165, 1.54) is 11.3 Å². The van der Waals surface area contributed by atoms with Crippen molar-refractivity contribution in [3.05, 3.63) is 70.3 Å². The summed E-state index contributed by atoms with van der Waals surface area (Å²) in [6.45, 7) is 5.95. The highest BCUT2D eigenvalue weighted by molar-refractivity contribution is 7.07. The van der Waals surface area contributed by atoms with Crippen LogP contribution in [-0.4, -0.2) is 35.8 Å². The Morgan fingerprint density at radius 3 is 2.55 bits per heavy atom. The number of hydrogen-bond donors (Lipinski definition) is 1. The van der Waals surface area contributed by atoms with E-state index in [-0.39, 0.29) is 11.8 Å². The Morgan fingerprint density at radius 1 is 1.03 bits per heavy atom. The van der Waals surface area contributed by atoms with Gasteiger partial charge in [0.1, 0.15) is 17.2 Å². The van der Waals surface area contributed by atoms with Crippen molar-refractivity contribution in [3.8, 4) is 28.5 Å². The monoisotopic (exact) mass is 461 g/mol. The van der Waals surface area contributed by atoms with E-state index in [1.54, 1.807) is 14.2 Å². The molecule has 0 amide bonds. The molecule has 33 heavy (non-hydrogen) atoms. The third kappa shape index (κ3) is 4.50. The largest absolute Gasteiger partial charge is 0.507 e. The number of aromatic hydroxyl groups is 1. The fourth-order valence-electron chi connectivity index (χ4n) is 3.66. The number of aromatic nitrogens is 1. The molecule has 1 heterocycles. The molecule has 3 aromatic carbocycles. The zero-order chi connectivity index (χ0) is 23.5. The first-order valence-corrected chi connectivity index (χ1v) is 11.5. The SMILES string of the molecule is COc1ccc(OC)c(-c2csc(=NC(C)C)n2N=C(C)c2ccc3ccccc3c2O)c1. The van der Waals surface area contributed by atoms with Crippen molar-refractivity contribution >= 4 is 27.8 Å². The highest BCUT2D eigenvalue weighted by atomic mass is 32.1. The first-order chi connectivity index (χ1) is 15.9. The van der Waals surface area contributed by atoms with Crippen LogP contribution in [0.5, 0.6) is 17.2 Å². The molecule has 1 N–H and O–H groups in total. The van der Waals surface area contributed by atoms with Crippen LogP contribution in [0.4, 0.5) is 0 Å². The summed E-state index contributed by atoms with van der Waals surface area (Å²) in [6.07, 6.45) is 0. The number of methoxy groups -OCH3 is 2. The average molecular weight is 462 g/mol. The molecule has 0 spiro atoms. The van der Waals surface area contributed by atoms with Gasteiger partial charge in [-0.2, -0.15) is 5.10 Å². The first-order valence-electron chi connectivity index (χ1n) is 10.7. The maximum atomic E-state index is 11.0. The van der Waals surface area contributed by atoms with E-state index in [9.17, 15) is 5.11 Å². The van der Waals surface area contributed by atoms with Gasteiger partial charge in [-0.1, -0.05) is 30.3 Å². The van der Waals surface area contributed by atoms with Crippen LogP contribution in [-0.2, 0) is 0 Å². The first kappa shape index (κ1) is 22.6. The lowest BCUT2D eigenvalue weighted by molar-refractivity contribution is 0.404. The van der Waals surface area contributed by atoms with Crippen molar-refractivity contribution in [2.24, 2.45) is 10.1 Å². The Labute approximate surface area is 197 Å². The normalized spacial score (nSPS) is 12.5. The summed E-state index contributed by atoms with van der Waals surface area (Å²) >= 11 is 1.51.